The van der Waals surface area contributed by atoms with Gasteiger partial charge in [0, 0.05) is 19.5 Å². The smallest absolute Gasteiger partial charge is 0.327 e. The molecule has 0 rings (SSSR count). The minimum atomic E-state index is -3.42. The third-order valence-electron chi connectivity index (χ3n) is 1.95. The number of urea groups is 1. The third-order valence-corrected chi connectivity index (χ3v) is 3.42. The summed E-state index contributed by atoms with van der Waals surface area (Å²) in [4.78, 5) is 22.0. The molecule has 0 saturated heterocycles. The van der Waals surface area contributed by atoms with Crippen LogP contribution < -0.4 is 15.4 Å². The van der Waals surface area contributed by atoms with Crippen molar-refractivity contribution in [2.45, 2.75) is 19.4 Å². The molecule has 0 heterocycles. The average Bonchev–Trinajstić information content (AvgIpc) is 2.27. The summed E-state index contributed by atoms with van der Waals surface area (Å²) in [6, 6.07) is -1.98. The summed E-state index contributed by atoms with van der Waals surface area (Å²) in [6.07, 6.45) is 4.81. The predicted molar refractivity (Wildman–Crippen MR) is 68.9 cm³/mol. The van der Waals surface area contributed by atoms with Crippen LogP contribution in [-0.4, -0.2) is 50.4 Å². The molecular weight excluding hydrogens is 274 g/mol. The highest BCUT2D eigenvalue weighted by Crippen LogP contribution is 1.90. The summed E-state index contributed by atoms with van der Waals surface area (Å²) in [5.74, 6) is 0.576. The fourth-order valence-corrected chi connectivity index (χ4v) is 2.07. The molecule has 0 aliphatic heterocycles. The van der Waals surface area contributed by atoms with Crippen molar-refractivity contribution in [3.8, 4) is 12.3 Å². The zero-order chi connectivity index (χ0) is 14.9. The second kappa shape index (κ2) is 8.34. The first kappa shape index (κ1) is 17.2. The second-order valence-electron chi connectivity index (χ2n) is 3.52. The maximum Gasteiger partial charge on any atom is 0.327 e. The molecular formula is C10H17N3O5S. The molecule has 108 valence electrons. The lowest BCUT2D eigenvalue weighted by atomic mass is 10.2. The van der Waals surface area contributed by atoms with E-state index in [1.165, 1.54) is 0 Å². The normalized spacial score (nSPS) is 12.2. The Labute approximate surface area is 112 Å². The highest BCUT2D eigenvalue weighted by molar-refractivity contribution is 7.89. The van der Waals surface area contributed by atoms with Gasteiger partial charge in [-0.2, -0.15) is 0 Å². The number of amides is 2. The van der Waals surface area contributed by atoms with E-state index in [4.69, 9.17) is 11.5 Å². The van der Waals surface area contributed by atoms with Gasteiger partial charge in [-0.3, -0.25) is 0 Å². The van der Waals surface area contributed by atoms with Crippen LogP contribution in [0.4, 0.5) is 4.79 Å². The lowest BCUT2D eigenvalue weighted by Crippen LogP contribution is -2.47. The zero-order valence-electron chi connectivity index (χ0n) is 10.5. The van der Waals surface area contributed by atoms with Gasteiger partial charge in [0.25, 0.3) is 0 Å². The molecule has 2 amide bonds. The molecule has 0 aromatic heterocycles. The summed E-state index contributed by atoms with van der Waals surface area (Å²) in [7, 11) is -3.42. The van der Waals surface area contributed by atoms with E-state index in [0.717, 1.165) is 0 Å². The molecule has 19 heavy (non-hydrogen) atoms. The molecule has 4 N–H and O–H groups in total. The van der Waals surface area contributed by atoms with Crippen LogP contribution in [0.15, 0.2) is 0 Å². The van der Waals surface area contributed by atoms with Crippen molar-refractivity contribution in [2.75, 3.05) is 18.8 Å². The number of aliphatic carboxylic acids is 1. The Hall–Kier alpha value is -1.79. The molecule has 0 aromatic rings. The monoisotopic (exact) mass is 291 g/mol. The Balaban J connectivity index is 4.12. The van der Waals surface area contributed by atoms with Crippen LogP contribution in [0.1, 0.15) is 13.3 Å². The largest absolute Gasteiger partial charge is 0.480 e. The van der Waals surface area contributed by atoms with Gasteiger partial charge in [0.05, 0.1) is 5.75 Å². The average molecular weight is 291 g/mol. The van der Waals surface area contributed by atoms with Crippen molar-refractivity contribution in [3.63, 3.8) is 0 Å². The molecule has 0 saturated carbocycles. The van der Waals surface area contributed by atoms with Crippen molar-refractivity contribution in [1.29, 1.82) is 0 Å². The van der Waals surface area contributed by atoms with Crippen LogP contribution in [0, 0.1) is 12.3 Å². The van der Waals surface area contributed by atoms with Gasteiger partial charge in [0.15, 0.2) is 0 Å². The van der Waals surface area contributed by atoms with E-state index in [1.54, 1.807) is 6.92 Å². The topological polar surface area (TPSA) is 125 Å². The maximum absolute atomic E-state index is 11.3. The van der Waals surface area contributed by atoms with E-state index in [2.05, 4.69) is 21.3 Å². The molecule has 0 aromatic carbocycles. The number of carboxylic acids is 1. The fourth-order valence-electron chi connectivity index (χ4n) is 1.12. The molecule has 1 unspecified atom stereocenters. The lowest BCUT2D eigenvalue weighted by molar-refractivity contribution is -0.139. The standard InChI is InChI=1S/C10H17N3O5S/c1-3-5-8(9(14)15)13-10(16)11-6-7-19(17,18)12-4-2/h1,8,12H,4-7H2,2H3,(H,14,15)(H2,11,13,16). The van der Waals surface area contributed by atoms with Crippen LogP contribution in [0.3, 0.4) is 0 Å². The summed E-state index contributed by atoms with van der Waals surface area (Å²) in [5.41, 5.74) is 0. The Morgan fingerprint density at radius 2 is 2.05 bits per heavy atom. The van der Waals surface area contributed by atoms with Crippen LogP contribution >= 0.6 is 0 Å². The Morgan fingerprint density at radius 1 is 1.42 bits per heavy atom. The van der Waals surface area contributed by atoms with Gasteiger partial charge in [-0.1, -0.05) is 6.92 Å². The van der Waals surface area contributed by atoms with Crippen molar-refractivity contribution in [1.82, 2.24) is 15.4 Å². The number of sulfonamides is 1. The van der Waals surface area contributed by atoms with Gasteiger partial charge >= 0.3 is 12.0 Å². The highest BCUT2D eigenvalue weighted by atomic mass is 32.2. The minimum Gasteiger partial charge on any atom is -0.480 e. The molecule has 9 heteroatoms. The highest BCUT2D eigenvalue weighted by Gasteiger charge is 2.18. The first-order valence-electron chi connectivity index (χ1n) is 5.50. The first-order valence-corrected chi connectivity index (χ1v) is 7.15. The molecule has 1 atom stereocenters. The fraction of sp³-hybridized carbons (Fsp3) is 0.600. The predicted octanol–water partition coefficient (Wildman–Crippen LogP) is -1.30. The molecule has 0 aliphatic carbocycles. The van der Waals surface area contributed by atoms with Crippen molar-refractivity contribution in [3.05, 3.63) is 0 Å². The molecule has 0 fully saturated rings. The zero-order valence-corrected chi connectivity index (χ0v) is 11.3. The van der Waals surface area contributed by atoms with E-state index >= 15 is 0 Å². The number of carbonyl (C=O) groups excluding carboxylic acids is 1. The van der Waals surface area contributed by atoms with Crippen LogP contribution in [0.25, 0.3) is 0 Å². The number of rotatable bonds is 8. The summed E-state index contributed by atoms with van der Waals surface area (Å²) in [5, 5.41) is 13.1. The summed E-state index contributed by atoms with van der Waals surface area (Å²) in [6.45, 7) is 1.76. The van der Waals surface area contributed by atoms with E-state index in [9.17, 15) is 18.0 Å². The second-order valence-corrected chi connectivity index (χ2v) is 5.44. The van der Waals surface area contributed by atoms with Crippen LogP contribution in [-0.2, 0) is 14.8 Å². The van der Waals surface area contributed by atoms with Gasteiger partial charge in [0.2, 0.25) is 10.0 Å². The van der Waals surface area contributed by atoms with E-state index in [1.807, 2.05) is 0 Å². The summed E-state index contributed by atoms with van der Waals surface area (Å²) < 4.78 is 24.7. The minimum absolute atomic E-state index is 0.135. The number of hydrogen-bond acceptors (Lipinski definition) is 4. The van der Waals surface area contributed by atoms with Crippen molar-refractivity contribution < 1.29 is 23.1 Å². The van der Waals surface area contributed by atoms with Crippen molar-refractivity contribution in [2.24, 2.45) is 0 Å². The Morgan fingerprint density at radius 3 is 2.53 bits per heavy atom. The van der Waals surface area contributed by atoms with E-state index in [0.29, 0.717) is 0 Å². The molecule has 0 spiro atoms. The number of carboxylic acid groups (broad SMARTS) is 1. The summed E-state index contributed by atoms with van der Waals surface area (Å²) >= 11 is 0. The number of hydrogen-bond donors (Lipinski definition) is 4. The van der Waals surface area contributed by atoms with E-state index < -0.39 is 28.1 Å². The van der Waals surface area contributed by atoms with E-state index in [-0.39, 0.29) is 25.3 Å². The molecule has 0 bridgehead atoms. The Kier molecular flexibility index (Phi) is 7.55. The molecule has 0 aliphatic rings. The van der Waals surface area contributed by atoms with Crippen LogP contribution in [0.2, 0.25) is 0 Å². The lowest BCUT2D eigenvalue weighted by Gasteiger charge is -2.12. The van der Waals surface area contributed by atoms with Crippen molar-refractivity contribution >= 4 is 22.0 Å². The Bertz CT molecular complexity index is 454. The van der Waals surface area contributed by atoms with Gasteiger partial charge < -0.3 is 15.7 Å². The van der Waals surface area contributed by atoms with Gasteiger partial charge in [0.1, 0.15) is 6.04 Å². The molecule has 0 radical (unpaired) electrons. The first-order chi connectivity index (χ1) is 8.82. The van der Waals surface area contributed by atoms with Crippen LogP contribution in [0.5, 0.6) is 0 Å². The van der Waals surface area contributed by atoms with Gasteiger partial charge in [-0.25, -0.2) is 22.7 Å². The SMILES string of the molecule is C#CCC(NC(=O)NCCS(=O)(=O)NCC)C(=O)O. The van der Waals surface area contributed by atoms with Gasteiger partial charge in [-0.05, 0) is 0 Å². The quantitative estimate of drug-likeness (QED) is 0.414. The number of nitrogens with one attached hydrogen (secondary N) is 3. The molecule has 8 nitrogen and oxygen atoms in total. The number of terminal acetylenes is 1. The third kappa shape index (κ3) is 8.01. The number of carbonyl (C=O) groups is 2. The maximum atomic E-state index is 11.3. The van der Waals surface area contributed by atoms with Gasteiger partial charge in [-0.15, -0.1) is 12.3 Å².